The Balaban J connectivity index is 1.38. The molecule has 2 N–H and O–H groups in total. The lowest BCUT2D eigenvalue weighted by molar-refractivity contribution is -0.134. The number of benzene rings is 2. The molecule has 0 radical (unpaired) electrons. The van der Waals surface area contributed by atoms with Crippen LogP contribution in [0.2, 0.25) is 0 Å². The maximum absolute atomic E-state index is 12.5. The van der Waals surface area contributed by atoms with E-state index in [1.54, 1.807) is 4.90 Å². The average molecular weight is 410 g/mol. The summed E-state index contributed by atoms with van der Waals surface area (Å²) in [5, 5.41) is 8.00. The van der Waals surface area contributed by atoms with Gasteiger partial charge in [-0.1, -0.05) is 42.5 Å². The summed E-state index contributed by atoms with van der Waals surface area (Å²) in [6, 6.07) is 13.8. The van der Waals surface area contributed by atoms with Crippen LogP contribution in [0.15, 0.2) is 42.5 Å². The van der Waals surface area contributed by atoms with Crippen LogP contribution in [0, 0.1) is 0 Å². The number of cyclic esters (lactones) is 1. The molecule has 2 aliphatic rings. The van der Waals surface area contributed by atoms with Crippen LogP contribution in [0.25, 0.3) is 10.8 Å². The summed E-state index contributed by atoms with van der Waals surface area (Å²) in [4.78, 5) is 40.1. The first-order valence-corrected chi connectivity index (χ1v) is 10.3. The molecule has 30 heavy (non-hydrogen) atoms. The standard InChI is InChI=1S/C22H26N4O4/c27-20(23-8-10-25-12-13-30-22(25)29)14-19-21(28)24-9-11-26(19)15-17-6-3-5-16-4-1-2-7-18(16)17/h1-7,19H,8-15H2,(H,23,27)(H,24,28)/t19-/m0/s1. The first-order valence-electron chi connectivity index (χ1n) is 10.3. The van der Waals surface area contributed by atoms with E-state index in [-0.39, 0.29) is 24.3 Å². The van der Waals surface area contributed by atoms with E-state index in [0.717, 1.165) is 16.3 Å². The van der Waals surface area contributed by atoms with Crippen LogP contribution in [-0.4, -0.2) is 73.1 Å². The fraction of sp³-hybridized carbons (Fsp3) is 0.409. The summed E-state index contributed by atoms with van der Waals surface area (Å²) in [5.41, 5.74) is 1.14. The van der Waals surface area contributed by atoms with Gasteiger partial charge < -0.3 is 20.3 Å². The molecule has 0 aromatic heterocycles. The molecule has 0 unspecified atom stereocenters. The lowest BCUT2D eigenvalue weighted by Crippen LogP contribution is -2.56. The Morgan fingerprint density at radius 2 is 1.97 bits per heavy atom. The molecule has 0 bridgehead atoms. The van der Waals surface area contributed by atoms with Gasteiger partial charge in [-0.15, -0.1) is 0 Å². The second-order valence-corrected chi connectivity index (χ2v) is 7.57. The predicted octanol–water partition coefficient (Wildman–Crippen LogP) is 1.10. The van der Waals surface area contributed by atoms with Crippen molar-refractivity contribution in [3.63, 3.8) is 0 Å². The number of fused-ring (bicyclic) bond motifs is 1. The van der Waals surface area contributed by atoms with Gasteiger partial charge >= 0.3 is 6.09 Å². The quantitative estimate of drug-likeness (QED) is 0.713. The largest absolute Gasteiger partial charge is 0.448 e. The maximum atomic E-state index is 12.5. The normalized spacial score (nSPS) is 19.6. The Morgan fingerprint density at radius 3 is 2.80 bits per heavy atom. The minimum Gasteiger partial charge on any atom is -0.448 e. The first-order chi connectivity index (χ1) is 14.6. The molecule has 158 valence electrons. The molecule has 2 aromatic rings. The van der Waals surface area contributed by atoms with Gasteiger partial charge in [-0.2, -0.15) is 0 Å². The number of hydrogen-bond donors (Lipinski definition) is 2. The first kappa shape index (κ1) is 20.2. The predicted molar refractivity (Wildman–Crippen MR) is 112 cm³/mol. The number of nitrogens with one attached hydrogen (secondary N) is 2. The Bertz CT molecular complexity index is 942. The Labute approximate surface area is 175 Å². The zero-order valence-electron chi connectivity index (χ0n) is 16.8. The lowest BCUT2D eigenvalue weighted by atomic mass is 10.0. The SMILES string of the molecule is O=C(C[C@H]1C(=O)NCCN1Cc1cccc2ccccc12)NCCN1CCOC1=O. The van der Waals surface area contributed by atoms with E-state index in [1.807, 2.05) is 18.2 Å². The number of nitrogens with zero attached hydrogens (tertiary/aromatic N) is 2. The highest BCUT2D eigenvalue weighted by atomic mass is 16.6. The van der Waals surface area contributed by atoms with Gasteiger partial charge in [-0.05, 0) is 16.3 Å². The van der Waals surface area contributed by atoms with E-state index in [2.05, 4.69) is 39.8 Å². The summed E-state index contributed by atoms with van der Waals surface area (Å²) in [6.45, 7) is 3.53. The molecule has 2 fully saturated rings. The molecule has 0 spiro atoms. The van der Waals surface area contributed by atoms with Crippen LogP contribution in [0.3, 0.4) is 0 Å². The molecular formula is C22H26N4O4. The van der Waals surface area contributed by atoms with E-state index >= 15 is 0 Å². The Hall–Kier alpha value is -3.13. The molecule has 2 saturated heterocycles. The molecule has 8 nitrogen and oxygen atoms in total. The third kappa shape index (κ3) is 4.54. The number of rotatable bonds is 7. The van der Waals surface area contributed by atoms with Crippen molar-refractivity contribution in [2.45, 2.75) is 19.0 Å². The number of carbonyl (C=O) groups excluding carboxylic acids is 3. The summed E-state index contributed by atoms with van der Waals surface area (Å²) in [7, 11) is 0. The highest BCUT2D eigenvalue weighted by Gasteiger charge is 2.32. The molecule has 3 amide bonds. The van der Waals surface area contributed by atoms with Crippen LogP contribution in [0.4, 0.5) is 4.79 Å². The number of carbonyl (C=O) groups is 3. The van der Waals surface area contributed by atoms with Gasteiger partial charge in [-0.25, -0.2) is 4.79 Å². The number of hydrogen-bond acceptors (Lipinski definition) is 5. The molecule has 1 atom stereocenters. The summed E-state index contributed by atoms with van der Waals surface area (Å²) >= 11 is 0. The highest BCUT2D eigenvalue weighted by Crippen LogP contribution is 2.22. The second-order valence-electron chi connectivity index (χ2n) is 7.57. The van der Waals surface area contributed by atoms with Gasteiger partial charge in [0.2, 0.25) is 11.8 Å². The highest BCUT2D eigenvalue weighted by molar-refractivity contribution is 5.89. The van der Waals surface area contributed by atoms with Crippen molar-refractivity contribution in [3.05, 3.63) is 48.0 Å². The molecule has 2 aliphatic heterocycles. The smallest absolute Gasteiger partial charge is 0.409 e. The monoisotopic (exact) mass is 410 g/mol. The zero-order valence-corrected chi connectivity index (χ0v) is 16.8. The Kier molecular flexibility index (Phi) is 6.13. The van der Waals surface area contributed by atoms with Crippen LogP contribution >= 0.6 is 0 Å². The van der Waals surface area contributed by atoms with E-state index in [4.69, 9.17) is 4.74 Å². The van der Waals surface area contributed by atoms with Crippen LogP contribution in [0.5, 0.6) is 0 Å². The molecular weight excluding hydrogens is 384 g/mol. The number of amides is 3. The van der Waals surface area contributed by atoms with Crippen molar-refractivity contribution in [3.8, 4) is 0 Å². The zero-order chi connectivity index (χ0) is 20.9. The summed E-state index contributed by atoms with van der Waals surface area (Å²) in [6.07, 6.45) is -0.265. The maximum Gasteiger partial charge on any atom is 0.409 e. The molecule has 0 saturated carbocycles. The molecule has 4 rings (SSSR count). The van der Waals surface area contributed by atoms with Crippen molar-refractivity contribution < 1.29 is 19.1 Å². The molecule has 2 aromatic carbocycles. The van der Waals surface area contributed by atoms with E-state index in [9.17, 15) is 14.4 Å². The van der Waals surface area contributed by atoms with Crippen molar-refractivity contribution in [2.24, 2.45) is 0 Å². The fourth-order valence-electron chi connectivity index (χ4n) is 4.03. The van der Waals surface area contributed by atoms with Crippen molar-refractivity contribution in [1.82, 2.24) is 20.4 Å². The van der Waals surface area contributed by atoms with E-state index < -0.39 is 6.04 Å². The molecule has 2 heterocycles. The van der Waals surface area contributed by atoms with E-state index in [0.29, 0.717) is 45.9 Å². The van der Waals surface area contributed by atoms with Gasteiger partial charge in [0.1, 0.15) is 6.61 Å². The third-order valence-corrected chi connectivity index (χ3v) is 5.62. The van der Waals surface area contributed by atoms with Crippen LogP contribution in [0.1, 0.15) is 12.0 Å². The lowest BCUT2D eigenvalue weighted by Gasteiger charge is -2.35. The van der Waals surface area contributed by atoms with Gasteiger partial charge in [0.25, 0.3) is 0 Å². The average Bonchev–Trinajstić information content (AvgIpc) is 3.15. The number of ether oxygens (including phenoxy) is 1. The van der Waals surface area contributed by atoms with Crippen molar-refractivity contribution in [1.29, 1.82) is 0 Å². The topological polar surface area (TPSA) is 91.0 Å². The summed E-state index contributed by atoms with van der Waals surface area (Å²) < 4.78 is 4.87. The van der Waals surface area contributed by atoms with Crippen molar-refractivity contribution >= 4 is 28.7 Å². The van der Waals surface area contributed by atoms with Gasteiger partial charge in [0, 0.05) is 32.7 Å². The second kappa shape index (κ2) is 9.13. The molecule has 0 aliphatic carbocycles. The van der Waals surface area contributed by atoms with Gasteiger partial charge in [0.15, 0.2) is 0 Å². The fourth-order valence-corrected chi connectivity index (χ4v) is 4.03. The van der Waals surface area contributed by atoms with Crippen molar-refractivity contribution in [2.75, 3.05) is 39.3 Å². The third-order valence-electron chi connectivity index (χ3n) is 5.62. The summed E-state index contributed by atoms with van der Waals surface area (Å²) in [5.74, 6) is -0.327. The van der Waals surface area contributed by atoms with Crippen LogP contribution in [-0.2, 0) is 20.9 Å². The molecule has 8 heteroatoms. The van der Waals surface area contributed by atoms with Gasteiger partial charge in [-0.3, -0.25) is 14.5 Å². The van der Waals surface area contributed by atoms with E-state index in [1.165, 1.54) is 0 Å². The minimum absolute atomic E-state index is 0.0844. The minimum atomic E-state index is -0.519. The Morgan fingerprint density at radius 1 is 1.13 bits per heavy atom. The van der Waals surface area contributed by atoms with Gasteiger partial charge in [0.05, 0.1) is 19.0 Å². The van der Waals surface area contributed by atoms with Crippen LogP contribution < -0.4 is 10.6 Å². The number of piperazine rings is 1.